The number of carbonyl (C=O) groups excluding carboxylic acids is 2. The maximum absolute atomic E-state index is 12.9. The van der Waals surface area contributed by atoms with Gasteiger partial charge in [0.1, 0.15) is 12.7 Å². The smallest absolute Gasteiger partial charge is 0.305 e. The summed E-state index contributed by atoms with van der Waals surface area (Å²) in [6.45, 7) is 0.349. The number of rotatable bonds is 9. The summed E-state index contributed by atoms with van der Waals surface area (Å²) in [7, 11) is 0. The van der Waals surface area contributed by atoms with Crippen molar-refractivity contribution >= 4 is 23.4 Å². The molecule has 0 aromatic carbocycles. The summed E-state index contributed by atoms with van der Waals surface area (Å²) in [5.74, 6) is -2.54. The highest BCUT2D eigenvalue weighted by atomic mass is 19.1. The van der Waals surface area contributed by atoms with E-state index in [-0.39, 0.29) is 6.42 Å². The molecule has 1 saturated carbocycles. The molecule has 1 fully saturated rings. The van der Waals surface area contributed by atoms with Gasteiger partial charge in [-0.1, -0.05) is 19.8 Å². The summed E-state index contributed by atoms with van der Waals surface area (Å²) in [5, 5.41) is 11.3. The second-order valence-electron chi connectivity index (χ2n) is 7.68. The number of alkyl halides is 1. The van der Waals surface area contributed by atoms with Crippen molar-refractivity contribution in [1.82, 2.24) is 15.8 Å². The number of hydrogen-bond donors (Lipinski definition) is 3. The van der Waals surface area contributed by atoms with Crippen LogP contribution in [0.25, 0.3) is 5.70 Å². The van der Waals surface area contributed by atoms with E-state index in [1.54, 1.807) is 19.2 Å². The average molecular weight is 419 g/mol. The van der Waals surface area contributed by atoms with Crippen LogP contribution in [0, 0.1) is 0 Å². The number of nitrogens with one attached hydrogen (secondary N) is 2. The number of ketones is 1. The fourth-order valence-corrected chi connectivity index (χ4v) is 3.91. The van der Waals surface area contributed by atoms with Crippen LogP contribution in [0.4, 0.5) is 4.39 Å². The number of hydroxylamine groups is 1. The number of Topliss-reactive ketones (excluding diaryl/α,β-unsaturated/α-hetero) is 1. The number of pyridine rings is 1. The monoisotopic (exact) mass is 419 g/mol. The van der Waals surface area contributed by atoms with Gasteiger partial charge in [-0.2, -0.15) is 0 Å². The van der Waals surface area contributed by atoms with Crippen molar-refractivity contribution < 1.29 is 28.7 Å². The number of carboxylic acid groups (broad SMARTS) is 1. The average Bonchev–Trinajstić information content (AvgIpc) is 3.43. The zero-order valence-corrected chi connectivity index (χ0v) is 16.8. The summed E-state index contributed by atoms with van der Waals surface area (Å²) in [5.41, 5.74) is 3.60. The van der Waals surface area contributed by atoms with Gasteiger partial charge >= 0.3 is 5.97 Å². The Hall–Kier alpha value is -2.81. The summed E-state index contributed by atoms with van der Waals surface area (Å²) in [6.07, 6.45) is 7.50. The minimum absolute atomic E-state index is 0.210. The molecular formula is C21H26FN3O5. The van der Waals surface area contributed by atoms with E-state index in [2.05, 4.69) is 15.8 Å². The van der Waals surface area contributed by atoms with E-state index in [1.165, 1.54) is 18.4 Å². The molecule has 1 aliphatic carbocycles. The van der Waals surface area contributed by atoms with Gasteiger partial charge in [0.25, 0.3) is 5.91 Å². The number of aromatic nitrogens is 1. The molecule has 1 aromatic rings. The summed E-state index contributed by atoms with van der Waals surface area (Å²) in [6, 6.07) is 2.50. The van der Waals surface area contributed by atoms with Crippen LogP contribution in [0.3, 0.4) is 0 Å². The molecule has 2 unspecified atom stereocenters. The zero-order valence-electron chi connectivity index (χ0n) is 16.8. The van der Waals surface area contributed by atoms with E-state index < -0.39 is 42.4 Å². The van der Waals surface area contributed by atoms with Gasteiger partial charge in [-0.3, -0.25) is 29.7 Å². The number of carbonyl (C=O) groups is 3. The van der Waals surface area contributed by atoms with Crippen molar-refractivity contribution in [3.63, 3.8) is 0 Å². The molecule has 9 heteroatoms. The first-order chi connectivity index (χ1) is 14.4. The molecule has 1 aliphatic heterocycles. The largest absolute Gasteiger partial charge is 0.481 e. The van der Waals surface area contributed by atoms with Crippen molar-refractivity contribution in [2.75, 3.05) is 6.67 Å². The number of nitrogens with zero attached hydrogens (tertiary/aromatic N) is 1. The van der Waals surface area contributed by atoms with Crippen molar-refractivity contribution in [1.29, 1.82) is 0 Å². The molecule has 2 atom stereocenters. The first-order valence-electron chi connectivity index (χ1n) is 10.1. The Morgan fingerprint density at radius 1 is 1.40 bits per heavy atom. The Morgan fingerprint density at radius 2 is 2.13 bits per heavy atom. The van der Waals surface area contributed by atoms with Crippen molar-refractivity contribution in [2.45, 2.75) is 63.0 Å². The van der Waals surface area contributed by atoms with Gasteiger partial charge in [0.15, 0.2) is 11.4 Å². The molecule has 0 bridgehead atoms. The fraction of sp³-hybridized carbons (Fsp3) is 0.524. The number of halogens is 1. The van der Waals surface area contributed by atoms with Crippen LogP contribution >= 0.6 is 0 Å². The lowest BCUT2D eigenvalue weighted by Gasteiger charge is -2.25. The topological polar surface area (TPSA) is 118 Å². The van der Waals surface area contributed by atoms with Crippen molar-refractivity contribution in [3.8, 4) is 0 Å². The first-order valence-corrected chi connectivity index (χ1v) is 10.1. The van der Waals surface area contributed by atoms with Crippen molar-refractivity contribution in [2.24, 2.45) is 0 Å². The van der Waals surface area contributed by atoms with E-state index in [0.29, 0.717) is 17.3 Å². The van der Waals surface area contributed by atoms with E-state index in [4.69, 9.17) is 9.94 Å². The van der Waals surface area contributed by atoms with Gasteiger partial charge in [-0.15, -0.1) is 0 Å². The summed E-state index contributed by atoms with van der Waals surface area (Å²) < 4.78 is 12.8. The minimum Gasteiger partial charge on any atom is -0.481 e. The van der Waals surface area contributed by atoms with Crippen LogP contribution in [0.5, 0.6) is 0 Å². The maximum Gasteiger partial charge on any atom is 0.305 e. The third-order valence-electron chi connectivity index (χ3n) is 5.72. The molecule has 3 rings (SSSR count). The highest BCUT2D eigenvalue weighted by Gasteiger charge is 2.43. The SMILES string of the molecule is CCC1(C(=O)NC(CC(=O)O)C(=O)CF)C=C(c2cc(C3CCCC3)ccn2)NO1. The number of amides is 1. The number of aliphatic carboxylic acids is 1. The molecule has 3 N–H and O–H groups in total. The van der Waals surface area contributed by atoms with Gasteiger partial charge in [0.05, 0.1) is 17.8 Å². The third kappa shape index (κ3) is 4.67. The fourth-order valence-electron chi connectivity index (χ4n) is 3.91. The standard InChI is InChI=1S/C21H26FN3O5/c1-2-21(20(29)24-16(10-19(27)28)18(26)12-22)11-17(25-30-21)15-9-14(7-8-23-15)13-5-3-4-6-13/h7-9,11,13,16,25H,2-6,10,12H2,1H3,(H,24,29)(H,27,28). The van der Waals surface area contributed by atoms with Crippen LogP contribution in [-0.4, -0.2) is 46.1 Å². The Kier molecular flexibility index (Phi) is 6.81. The Labute approximate surface area is 173 Å². The Bertz CT molecular complexity index is 853. The normalized spacial score (nSPS) is 22.3. The summed E-state index contributed by atoms with van der Waals surface area (Å²) in [4.78, 5) is 45.5. The molecular weight excluding hydrogens is 393 g/mol. The molecule has 1 amide bonds. The van der Waals surface area contributed by atoms with E-state index >= 15 is 0 Å². The Morgan fingerprint density at radius 3 is 2.77 bits per heavy atom. The number of hydrogen-bond acceptors (Lipinski definition) is 6. The van der Waals surface area contributed by atoms with Gasteiger partial charge in [-0.25, -0.2) is 4.39 Å². The molecule has 0 radical (unpaired) electrons. The van der Waals surface area contributed by atoms with Crippen LogP contribution in [0.1, 0.15) is 62.6 Å². The summed E-state index contributed by atoms with van der Waals surface area (Å²) >= 11 is 0. The molecule has 0 saturated heterocycles. The Balaban J connectivity index is 1.80. The van der Waals surface area contributed by atoms with Gasteiger partial charge in [-0.05, 0) is 49.0 Å². The highest BCUT2D eigenvalue weighted by Crippen LogP contribution is 2.35. The molecule has 2 aliphatic rings. The molecule has 0 spiro atoms. The predicted molar refractivity (Wildman–Crippen MR) is 106 cm³/mol. The molecule has 8 nitrogen and oxygen atoms in total. The highest BCUT2D eigenvalue weighted by molar-refractivity contribution is 5.96. The second kappa shape index (κ2) is 9.34. The first kappa shape index (κ1) is 21.9. The quantitative estimate of drug-likeness (QED) is 0.562. The predicted octanol–water partition coefficient (Wildman–Crippen LogP) is 2.26. The number of carboxylic acids is 1. The van der Waals surface area contributed by atoms with E-state index in [9.17, 15) is 18.8 Å². The minimum atomic E-state index is -1.46. The van der Waals surface area contributed by atoms with Gasteiger partial charge in [0.2, 0.25) is 0 Å². The zero-order chi connectivity index (χ0) is 21.7. The lowest BCUT2D eigenvalue weighted by atomic mass is 9.95. The maximum atomic E-state index is 12.9. The van der Waals surface area contributed by atoms with Crippen LogP contribution < -0.4 is 10.8 Å². The van der Waals surface area contributed by atoms with Crippen LogP contribution in [-0.2, 0) is 19.2 Å². The third-order valence-corrected chi connectivity index (χ3v) is 5.72. The molecule has 1 aromatic heterocycles. The van der Waals surface area contributed by atoms with E-state index in [0.717, 1.165) is 12.8 Å². The lowest BCUT2D eigenvalue weighted by Crippen LogP contribution is -2.53. The second-order valence-corrected chi connectivity index (χ2v) is 7.68. The van der Waals surface area contributed by atoms with Crippen LogP contribution in [0.15, 0.2) is 24.4 Å². The molecule has 162 valence electrons. The molecule has 2 heterocycles. The molecule has 30 heavy (non-hydrogen) atoms. The van der Waals surface area contributed by atoms with Gasteiger partial charge in [0, 0.05) is 6.20 Å². The van der Waals surface area contributed by atoms with E-state index in [1.807, 2.05) is 12.1 Å². The van der Waals surface area contributed by atoms with Crippen molar-refractivity contribution in [3.05, 3.63) is 35.7 Å². The lowest BCUT2D eigenvalue weighted by molar-refractivity contribution is -0.147. The van der Waals surface area contributed by atoms with Gasteiger partial charge < -0.3 is 10.4 Å². The van der Waals surface area contributed by atoms with Crippen LogP contribution in [0.2, 0.25) is 0 Å².